The number of nitrogens with zero attached hydrogens (tertiary/aromatic N) is 3. The monoisotopic (exact) mass is 597 g/mol. The molecule has 3 aliphatic rings. The number of amides is 1. The van der Waals surface area contributed by atoms with Gasteiger partial charge in [-0.2, -0.15) is 0 Å². The van der Waals surface area contributed by atoms with E-state index in [1.165, 1.54) is 6.42 Å². The third-order valence-electron chi connectivity index (χ3n) is 8.88. The SMILES string of the molecule is CC=C(Nc1ccc(CN2CCC[C@@H]2COC)cc1C(=O)NC1CCOCC1)c1csc(N2CCC(CCO)CC2)n1. The van der Waals surface area contributed by atoms with Crippen molar-refractivity contribution >= 4 is 33.8 Å². The van der Waals surface area contributed by atoms with Gasteiger partial charge < -0.3 is 30.1 Å². The smallest absolute Gasteiger partial charge is 0.253 e. The molecule has 3 aliphatic heterocycles. The summed E-state index contributed by atoms with van der Waals surface area (Å²) in [6.45, 7) is 8.15. The van der Waals surface area contributed by atoms with Crippen LogP contribution in [-0.4, -0.2) is 86.2 Å². The predicted molar refractivity (Wildman–Crippen MR) is 169 cm³/mol. The molecule has 1 aromatic heterocycles. The number of carbonyl (C=O) groups excluding carboxylic acids is 1. The molecule has 3 saturated heterocycles. The van der Waals surface area contributed by atoms with Crippen LogP contribution in [0.3, 0.4) is 0 Å². The van der Waals surface area contributed by atoms with Gasteiger partial charge >= 0.3 is 0 Å². The number of ether oxygens (including phenoxy) is 2. The fraction of sp³-hybridized carbons (Fsp3) is 0.625. The molecular formula is C32H47N5O4S. The zero-order valence-corrected chi connectivity index (χ0v) is 26.0. The Bertz CT molecular complexity index is 1190. The molecule has 42 heavy (non-hydrogen) atoms. The molecule has 1 atom stereocenters. The molecule has 0 unspecified atom stereocenters. The lowest BCUT2D eigenvalue weighted by atomic mass is 9.94. The summed E-state index contributed by atoms with van der Waals surface area (Å²) < 4.78 is 11.0. The summed E-state index contributed by atoms with van der Waals surface area (Å²) in [5.41, 5.74) is 4.34. The molecule has 4 heterocycles. The summed E-state index contributed by atoms with van der Waals surface area (Å²) in [5.74, 6) is 0.546. The third kappa shape index (κ3) is 7.90. The van der Waals surface area contributed by atoms with Gasteiger partial charge in [0, 0.05) is 64.0 Å². The van der Waals surface area contributed by atoms with Gasteiger partial charge in [0.2, 0.25) is 0 Å². The van der Waals surface area contributed by atoms with Crippen molar-refractivity contribution in [1.82, 2.24) is 15.2 Å². The zero-order chi connectivity index (χ0) is 29.3. The Labute approximate surface area is 254 Å². The van der Waals surface area contributed by atoms with Crippen LogP contribution in [0.1, 0.15) is 73.5 Å². The zero-order valence-electron chi connectivity index (χ0n) is 25.1. The Morgan fingerprint density at radius 1 is 1.19 bits per heavy atom. The lowest BCUT2D eigenvalue weighted by molar-refractivity contribution is 0.0696. The van der Waals surface area contributed by atoms with E-state index in [1.807, 2.05) is 19.1 Å². The maximum Gasteiger partial charge on any atom is 0.253 e. The Kier molecular flexibility index (Phi) is 11.3. The predicted octanol–water partition coefficient (Wildman–Crippen LogP) is 4.73. The average Bonchev–Trinajstić information content (AvgIpc) is 3.68. The normalized spacial score (nSPS) is 21.2. The fourth-order valence-electron chi connectivity index (χ4n) is 6.37. The van der Waals surface area contributed by atoms with Gasteiger partial charge in [0.05, 0.1) is 29.2 Å². The van der Waals surface area contributed by atoms with Crippen LogP contribution in [0.15, 0.2) is 29.7 Å². The van der Waals surface area contributed by atoms with Crippen LogP contribution in [-0.2, 0) is 16.0 Å². The number of piperidine rings is 1. The Morgan fingerprint density at radius 3 is 2.74 bits per heavy atom. The molecule has 3 fully saturated rings. The van der Waals surface area contributed by atoms with E-state index in [1.54, 1.807) is 18.4 Å². The highest BCUT2D eigenvalue weighted by Gasteiger charge is 2.26. The minimum Gasteiger partial charge on any atom is -0.396 e. The van der Waals surface area contributed by atoms with Crippen molar-refractivity contribution in [2.75, 3.05) is 63.4 Å². The summed E-state index contributed by atoms with van der Waals surface area (Å²) in [4.78, 5) is 23.5. The Hall–Kier alpha value is -2.50. The first-order valence-corrected chi connectivity index (χ1v) is 16.5. The summed E-state index contributed by atoms with van der Waals surface area (Å²) in [6, 6.07) is 6.76. The molecular weight excluding hydrogens is 550 g/mol. The van der Waals surface area contributed by atoms with E-state index in [4.69, 9.17) is 14.5 Å². The van der Waals surface area contributed by atoms with Crippen molar-refractivity contribution in [3.05, 3.63) is 46.5 Å². The number of carbonyl (C=O) groups is 1. The Morgan fingerprint density at radius 2 is 2.00 bits per heavy atom. The van der Waals surface area contributed by atoms with Crippen molar-refractivity contribution < 1.29 is 19.4 Å². The quantitative estimate of drug-likeness (QED) is 0.323. The van der Waals surface area contributed by atoms with Crippen molar-refractivity contribution in [2.24, 2.45) is 5.92 Å². The summed E-state index contributed by atoms with van der Waals surface area (Å²) in [7, 11) is 1.76. The van der Waals surface area contributed by atoms with E-state index in [-0.39, 0.29) is 18.6 Å². The van der Waals surface area contributed by atoms with E-state index < -0.39 is 0 Å². The van der Waals surface area contributed by atoms with Crippen molar-refractivity contribution in [3.8, 4) is 0 Å². The number of likely N-dealkylation sites (tertiary alicyclic amines) is 1. The largest absolute Gasteiger partial charge is 0.396 e. The van der Waals surface area contributed by atoms with Crippen LogP contribution in [0.2, 0.25) is 0 Å². The summed E-state index contributed by atoms with van der Waals surface area (Å²) >= 11 is 1.66. The molecule has 0 aliphatic carbocycles. The number of rotatable bonds is 12. The molecule has 1 aromatic carbocycles. The van der Waals surface area contributed by atoms with Gasteiger partial charge in [0.25, 0.3) is 5.91 Å². The van der Waals surface area contributed by atoms with Gasteiger partial charge in [-0.15, -0.1) is 11.3 Å². The summed E-state index contributed by atoms with van der Waals surface area (Å²) in [6.07, 6.45) is 9.08. The molecule has 0 spiro atoms. The van der Waals surface area contributed by atoms with Crippen molar-refractivity contribution in [2.45, 2.75) is 70.5 Å². The number of aliphatic hydroxyl groups excluding tert-OH is 1. The first kappa shape index (κ1) is 30.9. The van der Waals surface area contributed by atoms with Crippen LogP contribution >= 0.6 is 11.3 Å². The number of aromatic nitrogens is 1. The number of aliphatic hydroxyl groups is 1. The number of hydrogen-bond acceptors (Lipinski definition) is 9. The minimum atomic E-state index is -0.0544. The second-order valence-corrected chi connectivity index (χ2v) is 12.6. The molecule has 0 radical (unpaired) electrons. The highest BCUT2D eigenvalue weighted by atomic mass is 32.1. The molecule has 5 rings (SSSR count). The van der Waals surface area contributed by atoms with E-state index in [0.29, 0.717) is 30.7 Å². The number of hydrogen-bond donors (Lipinski definition) is 3. The number of benzene rings is 1. The van der Waals surface area contributed by atoms with Gasteiger partial charge in [0.1, 0.15) is 0 Å². The molecule has 2 aromatic rings. The number of methoxy groups -OCH3 is 1. The van der Waals surface area contributed by atoms with E-state index >= 15 is 0 Å². The molecule has 1 amide bonds. The van der Waals surface area contributed by atoms with E-state index in [9.17, 15) is 9.90 Å². The van der Waals surface area contributed by atoms with Crippen LogP contribution in [0.25, 0.3) is 5.70 Å². The van der Waals surface area contributed by atoms with E-state index in [0.717, 1.165) is 99.1 Å². The highest BCUT2D eigenvalue weighted by molar-refractivity contribution is 7.13. The van der Waals surface area contributed by atoms with Crippen LogP contribution < -0.4 is 15.5 Å². The molecule has 9 nitrogen and oxygen atoms in total. The number of thiazole rings is 1. The minimum absolute atomic E-state index is 0.0544. The standard InChI is InChI=1S/C32H47N5O4S/c1-3-28(30-22-42-32(35-30)36-14-8-23(9-15-36)10-16-38)34-29-7-6-24(20-37-13-4-5-26(37)21-40-2)19-27(29)31(39)33-25-11-17-41-18-12-25/h3,6-7,19,22-23,25-26,34,38H,4-5,8-18,20-21H2,1-2H3,(H,33,39)/t26-/m1/s1. The van der Waals surface area contributed by atoms with Crippen molar-refractivity contribution in [1.29, 1.82) is 0 Å². The topological polar surface area (TPSA) is 99.2 Å². The second kappa shape index (κ2) is 15.3. The molecule has 230 valence electrons. The van der Waals surface area contributed by atoms with Gasteiger partial charge in [-0.25, -0.2) is 4.98 Å². The van der Waals surface area contributed by atoms with Crippen molar-refractivity contribution in [3.63, 3.8) is 0 Å². The maximum absolute atomic E-state index is 13.7. The maximum atomic E-state index is 13.7. The fourth-order valence-corrected chi connectivity index (χ4v) is 7.25. The van der Waals surface area contributed by atoms with Crippen LogP contribution in [0.4, 0.5) is 10.8 Å². The van der Waals surface area contributed by atoms with Crippen LogP contribution in [0.5, 0.6) is 0 Å². The number of nitrogens with one attached hydrogen (secondary N) is 2. The van der Waals surface area contributed by atoms with Gasteiger partial charge in [-0.3, -0.25) is 9.69 Å². The number of anilines is 2. The molecule has 3 N–H and O–H groups in total. The lowest BCUT2D eigenvalue weighted by Gasteiger charge is -2.31. The van der Waals surface area contributed by atoms with Gasteiger partial charge in [-0.05, 0) is 82.0 Å². The first-order valence-electron chi connectivity index (χ1n) is 15.6. The highest BCUT2D eigenvalue weighted by Crippen LogP contribution is 2.31. The lowest BCUT2D eigenvalue weighted by Crippen LogP contribution is -2.39. The first-order chi connectivity index (χ1) is 20.6. The third-order valence-corrected chi connectivity index (χ3v) is 9.78. The van der Waals surface area contributed by atoms with Gasteiger partial charge in [0.15, 0.2) is 5.13 Å². The molecule has 10 heteroatoms. The molecule has 0 saturated carbocycles. The molecule has 0 bridgehead atoms. The van der Waals surface area contributed by atoms with Crippen LogP contribution in [0, 0.1) is 5.92 Å². The summed E-state index contributed by atoms with van der Waals surface area (Å²) in [5, 5.41) is 19.2. The number of allylic oxidation sites excluding steroid dienone is 1. The second-order valence-electron chi connectivity index (χ2n) is 11.7. The Balaban J connectivity index is 1.32. The van der Waals surface area contributed by atoms with Gasteiger partial charge in [-0.1, -0.05) is 12.1 Å². The van der Waals surface area contributed by atoms with E-state index in [2.05, 4.69) is 37.9 Å². The average molecular weight is 598 g/mol.